The van der Waals surface area contributed by atoms with E-state index in [9.17, 15) is 9.18 Å². The lowest BCUT2D eigenvalue weighted by Crippen LogP contribution is -2.42. The second-order valence-corrected chi connectivity index (χ2v) is 7.97. The minimum Gasteiger partial charge on any atom is -0.467 e. The van der Waals surface area contributed by atoms with Crippen molar-refractivity contribution in [3.8, 4) is 5.19 Å². The Morgan fingerprint density at radius 3 is 2.67 bits per heavy atom. The van der Waals surface area contributed by atoms with Crippen molar-refractivity contribution in [2.24, 2.45) is 0 Å². The zero-order valence-corrected chi connectivity index (χ0v) is 16.1. The number of para-hydroxylation sites is 1. The van der Waals surface area contributed by atoms with Gasteiger partial charge in [-0.1, -0.05) is 41.1 Å². The van der Waals surface area contributed by atoms with E-state index >= 15 is 0 Å². The number of ether oxygens (including phenoxy) is 1. The van der Waals surface area contributed by atoms with E-state index in [0.29, 0.717) is 29.7 Å². The predicted octanol–water partition coefficient (Wildman–Crippen LogP) is 4.70. The molecular formula is C20H18ClFN2O2S. The molecule has 0 radical (unpaired) electrons. The Morgan fingerprint density at radius 1 is 1.22 bits per heavy atom. The fourth-order valence-corrected chi connectivity index (χ4v) is 4.38. The zero-order chi connectivity index (χ0) is 18.8. The largest absolute Gasteiger partial charge is 0.467 e. The first-order chi connectivity index (χ1) is 13.1. The van der Waals surface area contributed by atoms with Crippen LogP contribution in [0.3, 0.4) is 0 Å². The number of piperidine rings is 1. The lowest BCUT2D eigenvalue weighted by Gasteiger charge is -2.31. The van der Waals surface area contributed by atoms with Crippen molar-refractivity contribution < 1.29 is 13.9 Å². The van der Waals surface area contributed by atoms with Gasteiger partial charge in [-0.25, -0.2) is 9.37 Å². The SMILES string of the molecule is O=C(Cc1ccc(F)cc1)N1CCC(Oc2nc3c(Cl)cccc3s2)CC1. The molecule has 0 unspecified atom stereocenters. The normalized spacial score (nSPS) is 15.3. The minimum atomic E-state index is -0.291. The first-order valence-corrected chi connectivity index (χ1v) is 10.0. The molecule has 0 spiro atoms. The number of hydrogen-bond donors (Lipinski definition) is 0. The monoisotopic (exact) mass is 404 g/mol. The number of aromatic nitrogens is 1. The molecule has 2 aromatic carbocycles. The summed E-state index contributed by atoms with van der Waals surface area (Å²) >= 11 is 7.65. The number of rotatable bonds is 4. The average molecular weight is 405 g/mol. The molecule has 27 heavy (non-hydrogen) atoms. The summed E-state index contributed by atoms with van der Waals surface area (Å²) in [7, 11) is 0. The maximum absolute atomic E-state index is 13.0. The Labute approximate surface area is 165 Å². The number of hydrogen-bond acceptors (Lipinski definition) is 4. The molecule has 1 fully saturated rings. The molecule has 1 amide bonds. The quantitative estimate of drug-likeness (QED) is 0.632. The third-order valence-corrected chi connectivity index (χ3v) is 5.90. The number of nitrogens with zero attached hydrogens (tertiary/aromatic N) is 2. The summed E-state index contributed by atoms with van der Waals surface area (Å²) in [5.74, 6) is -0.230. The van der Waals surface area contributed by atoms with Crippen LogP contribution < -0.4 is 4.74 Å². The van der Waals surface area contributed by atoms with Crippen LogP contribution in [0.2, 0.25) is 5.02 Å². The molecular weight excluding hydrogens is 387 g/mol. The van der Waals surface area contributed by atoms with Crippen LogP contribution in [0, 0.1) is 5.82 Å². The minimum absolute atomic E-state index is 0.0409. The molecule has 4 rings (SSSR count). The van der Waals surface area contributed by atoms with Crippen LogP contribution in [0.1, 0.15) is 18.4 Å². The number of thiazole rings is 1. The molecule has 3 aromatic rings. The van der Waals surface area contributed by atoms with Gasteiger partial charge >= 0.3 is 0 Å². The highest BCUT2D eigenvalue weighted by Crippen LogP contribution is 2.33. The highest BCUT2D eigenvalue weighted by Gasteiger charge is 2.25. The van der Waals surface area contributed by atoms with Crippen LogP contribution in [0.4, 0.5) is 4.39 Å². The molecule has 140 valence electrons. The van der Waals surface area contributed by atoms with E-state index in [1.165, 1.54) is 23.5 Å². The molecule has 7 heteroatoms. The van der Waals surface area contributed by atoms with E-state index in [0.717, 1.165) is 28.6 Å². The lowest BCUT2D eigenvalue weighted by molar-refractivity contribution is -0.132. The van der Waals surface area contributed by atoms with Crippen molar-refractivity contribution in [3.05, 3.63) is 58.9 Å². The van der Waals surface area contributed by atoms with Crippen molar-refractivity contribution in [2.75, 3.05) is 13.1 Å². The molecule has 0 saturated carbocycles. The topological polar surface area (TPSA) is 42.4 Å². The summed E-state index contributed by atoms with van der Waals surface area (Å²) in [4.78, 5) is 18.8. The van der Waals surface area contributed by atoms with Gasteiger partial charge < -0.3 is 9.64 Å². The molecule has 1 aliphatic heterocycles. The Kier molecular flexibility index (Phi) is 5.27. The molecule has 2 heterocycles. The van der Waals surface area contributed by atoms with Crippen molar-refractivity contribution in [1.82, 2.24) is 9.88 Å². The molecule has 0 bridgehead atoms. The number of carbonyl (C=O) groups excluding carboxylic acids is 1. The van der Waals surface area contributed by atoms with Gasteiger partial charge in [0.25, 0.3) is 5.19 Å². The van der Waals surface area contributed by atoms with E-state index in [4.69, 9.17) is 16.3 Å². The van der Waals surface area contributed by atoms with Crippen LogP contribution in [0.15, 0.2) is 42.5 Å². The van der Waals surface area contributed by atoms with Crippen LogP contribution in [-0.4, -0.2) is 35.0 Å². The predicted molar refractivity (Wildman–Crippen MR) is 105 cm³/mol. The van der Waals surface area contributed by atoms with Crippen LogP contribution >= 0.6 is 22.9 Å². The number of fused-ring (bicyclic) bond motifs is 1. The Hall–Kier alpha value is -2.18. The molecule has 4 nitrogen and oxygen atoms in total. The third kappa shape index (κ3) is 4.22. The van der Waals surface area contributed by atoms with Crippen LogP contribution in [-0.2, 0) is 11.2 Å². The van der Waals surface area contributed by atoms with Gasteiger partial charge in [-0.05, 0) is 29.8 Å². The second-order valence-electron chi connectivity index (χ2n) is 6.57. The van der Waals surface area contributed by atoms with Crippen molar-refractivity contribution in [1.29, 1.82) is 0 Å². The molecule has 1 saturated heterocycles. The summed E-state index contributed by atoms with van der Waals surface area (Å²) in [5.41, 5.74) is 1.59. The first kappa shape index (κ1) is 18.2. The zero-order valence-electron chi connectivity index (χ0n) is 14.5. The van der Waals surface area contributed by atoms with Crippen molar-refractivity contribution >= 4 is 39.1 Å². The molecule has 0 atom stereocenters. The van der Waals surface area contributed by atoms with Crippen molar-refractivity contribution in [2.45, 2.75) is 25.4 Å². The highest BCUT2D eigenvalue weighted by molar-refractivity contribution is 7.20. The lowest BCUT2D eigenvalue weighted by atomic mass is 10.1. The van der Waals surface area contributed by atoms with E-state index < -0.39 is 0 Å². The highest BCUT2D eigenvalue weighted by atomic mass is 35.5. The standard InChI is InChI=1S/C20H18ClFN2O2S/c21-16-2-1-3-17-19(16)23-20(27-17)26-15-8-10-24(11-9-15)18(25)12-13-4-6-14(22)7-5-13/h1-7,15H,8-12H2. The van der Waals surface area contributed by atoms with Gasteiger partial charge in [0.2, 0.25) is 5.91 Å². The van der Waals surface area contributed by atoms with Gasteiger partial charge in [0, 0.05) is 25.9 Å². The second kappa shape index (κ2) is 7.82. The summed E-state index contributed by atoms with van der Waals surface area (Å²) in [6, 6.07) is 11.8. The summed E-state index contributed by atoms with van der Waals surface area (Å²) in [5, 5.41) is 1.24. The van der Waals surface area contributed by atoms with E-state index in [1.54, 1.807) is 12.1 Å². The van der Waals surface area contributed by atoms with E-state index in [-0.39, 0.29) is 17.8 Å². The van der Waals surface area contributed by atoms with Gasteiger partial charge in [-0.2, -0.15) is 0 Å². The maximum atomic E-state index is 13.0. The third-order valence-electron chi connectivity index (χ3n) is 4.68. The number of carbonyl (C=O) groups is 1. The van der Waals surface area contributed by atoms with Gasteiger partial charge in [-0.3, -0.25) is 4.79 Å². The average Bonchev–Trinajstić information content (AvgIpc) is 3.08. The summed E-state index contributed by atoms with van der Waals surface area (Å²) in [6.07, 6.45) is 1.86. The van der Waals surface area contributed by atoms with Gasteiger partial charge in [0.1, 0.15) is 17.4 Å². The molecule has 1 aliphatic rings. The summed E-state index contributed by atoms with van der Waals surface area (Å²) in [6.45, 7) is 1.30. The van der Waals surface area contributed by atoms with Gasteiger partial charge in [-0.15, -0.1) is 0 Å². The first-order valence-electron chi connectivity index (χ1n) is 8.82. The molecule has 1 aromatic heterocycles. The smallest absolute Gasteiger partial charge is 0.274 e. The fraction of sp³-hybridized carbons (Fsp3) is 0.300. The Balaban J connectivity index is 1.32. The fourth-order valence-electron chi connectivity index (χ4n) is 3.20. The van der Waals surface area contributed by atoms with Crippen LogP contribution in [0.5, 0.6) is 5.19 Å². The van der Waals surface area contributed by atoms with Crippen LogP contribution in [0.25, 0.3) is 10.2 Å². The van der Waals surface area contributed by atoms with Gasteiger partial charge in [0.15, 0.2) is 0 Å². The Bertz CT molecular complexity index is 952. The number of benzene rings is 2. The van der Waals surface area contributed by atoms with Gasteiger partial charge in [0.05, 0.1) is 16.1 Å². The van der Waals surface area contributed by atoms with Crippen molar-refractivity contribution in [3.63, 3.8) is 0 Å². The maximum Gasteiger partial charge on any atom is 0.274 e. The van der Waals surface area contributed by atoms with E-state index in [2.05, 4.69) is 4.98 Å². The molecule has 0 N–H and O–H groups in total. The number of amides is 1. The molecule has 0 aliphatic carbocycles. The number of halogens is 2. The summed E-state index contributed by atoms with van der Waals surface area (Å²) < 4.78 is 20.0. The number of likely N-dealkylation sites (tertiary alicyclic amines) is 1. The Morgan fingerprint density at radius 2 is 1.96 bits per heavy atom. The van der Waals surface area contributed by atoms with E-state index in [1.807, 2.05) is 23.1 Å².